The Morgan fingerprint density at radius 2 is 1.20 bits per heavy atom. The number of hydrogen-bond acceptors (Lipinski definition) is 8. The van der Waals surface area contributed by atoms with Crippen molar-refractivity contribution in [1.82, 2.24) is 0 Å². The van der Waals surface area contributed by atoms with Crippen LogP contribution < -0.4 is 4.89 Å². The number of hydrogen-bond donors (Lipinski definition) is 3. The lowest BCUT2D eigenvalue weighted by molar-refractivity contribution is -0.905. The van der Waals surface area contributed by atoms with Crippen LogP contribution in [0, 0.1) is 0 Å². The highest BCUT2D eigenvalue weighted by Gasteiger charge is 2.38. The van der Waals surface area contributed by atoms with Crippen LogP contribution in [-0.2, 0) is 18.6 Å². The number of allylic oxidation sites excluding steroid dienone is 4. The zero-order valence-electron chi connectivity index (χ0n) is 29.8. The SMILES string of the molecule is CCCCC/C=C\CCCC/C=C\CCCCCCCCC(=O)OC[C@@H](O)COP(=O)([O-])C(CCCCC)[N+](C)(C)CCC(O)O. The van der Waals surface area contributed by atoms with Gasteiger partial charge in [0.2, 0.25) is 0 Å². The number of aliphatic hydroxyl groups excluding tert-OH is 2. The number of carbonyl (C=O) groups is 1. The van der Waals surface area contributed by atoms with E-state index in [-0.39, 0.29) is 30.5 Å². The van der Waals surface area contributed by atoms with Crippen molar-refractivity contribution in [3.05, 3.63) is 24.3 Å². The highest BCUT2D eigenvalue weighted by Crippen LogP contribution is 2.49. The lowest BCUT2D eigenvalue weighted by atomic mass is 10.1. The summed E-state index contributed by atoms with van der Waals surface area (Å²) < 4.78 is 23.5. The zero-order valence-corrected chi connectivity index (χ0v) is 30.7. The average molecular weight is 676 g/mol. The molecule has 9 nitrogen and oxygen atoms in total. The molecule has 3 atom stereocenters. The lowest BCUT2D eigenvalue weighted by Crippen LogP contribution is -2.51. The molecule has 0 aliphatic carbocycles. The Bertz CT molecular complexity index is 833. The van der Waals surface area contributed by atoms with E-state index in [0.717, 1.165) is 44.9 Å². The fraction of sp³-hybridized carbons (Fsp3) is 0.861. The van der Waals surface area contributed by atoms with Crippen molar-refractivity contribution in [1.29, 1.82) is 0 Å². The van der Waals surface area contributed by atoms with Crippen LogP contribution in [0.2, 0.25) is 0 Å². The van der Waals surface area contributed by atoms with Crippen molar-refractivity contribution in [3.63, 3.8) is 0 Å². The summed E-state index contributed by atoms with van der Waals surface area (Å²) in [5.41, 5.74) is 0. The molecule has 3 N–H and O–H groups in total. The summed E-state index contributed by atoms with van der Waals surface area (Å²) in [7, 11) is -0.976. The second kappa shape index (κ2) is 28.9. The van der Waals surface area contributed by atoms with Crippen LogP contribution >= 0.6 is 7.60 Å². The van der Waals surface area contributed by atoms with Crippen molar-refractivity contribution < 1.29 is 43.3 Å². The first-order valence-corrected chi connectivity index (χ1v) is 19.8. The Morgan fingerprint density at radius 1 is 0.717 bits per heavy atom. The highest BCUT2D eigenvalue weighted by atomic mass is 31.2. The van der Waals surface area contributed by atoms with E-state index in [9.17, 15) is 29.6 Å². The van der Waals surface area contributed by atoms with Crippen LogP contribution in [-0.4, -0.2) is 77.8 Å². The minimum atomic E-state index is -4.42. The molecular weight excluding hydrogens is 605 g/mol. The predicted octanol–water partition coefficient (Wildman–Crippen LogP) is 7.52. The van der Waals surface area contributed by atoms with E-state index in [4.69, 9.17) is 9.26 Å². The van der Waals surface area contributed by atoms with Crippen LogP contribution in [0.5, 0.6) is 0 Å². The van der Waals surface area contributed by atoms with Gasteiger partial charge < -0.3 is 38.5 Å². The molecule has 0 aliphatic rings. The molecule has 2 unspecified atom stereocenters. The van der Waals surface area contributed by atoms with E-state index >= 15 is 0 Å². The molecule has 0 aromatic heterocycles. The van der Waals surface area contributed by atoms with Gasteiger partial charge in [0.15, 0.2) is 19.7 Å². The summed E-state index contributed by atoms with van der Waals surface area (Å²) in [5, 5.41) is 28.8. The third-order valence-corrected chi connectivity index (χ3v) is 10.5. The Hall–Kier alpha value is -1.06. The first-order valence-electron chi connectivity index (χ1n) is 18.2. The van der Waals surface area contributed by atoms with Gasteiger partial charge in [-0.15, -0.1) is 0 Å². The van der Waals surface area contributed by atoms with E-state index in [0.29, 0.717) is 12.8 Å². The van der Waals surface area contributed by atoms with Crippen molar-refractivity contribution >= 4 is 13.6 Å². The average Bonchev–Trinajstić information content (AvgIpc) is 3.01. The maximum atomic E-state index is 13.1. The molecule has 0 spiro atoms. The monoisotopic (exact) mass is 675 g/mol. The van der Waals surface area contributed by atoms with Gasteiger partial charge in [-0.25, -0.2) is 0 Å². The number of carbonyl (C=O) groups excluding carboxylic acids is 1. The molecule has 272 valence electrons. The van der Waals surface area contributed by atoms with E-state index < -0.39 is 38.3 Å². The second-order valence-electron chi connectivity index (χ2n) is 13.3. The summed E-state index contributed by atoms with van der Waals surface area (Å²) >= 11 is 0. The molecular formula is C36H70NO8P. The molecule has 0 saturated carbocycles. The Kier molecular flexibility index (Phi) is 28.2. The van der Waals surface area contributed by atoms with E-state index in [1.807, 2.05) is 6.92 Å². The topological polar surface area (TPSA) is 136 Å². The molecule has 0 aromatic rings. The van der Waals surface area contributed by atoms with E-state index in [1.165, 1.54) is 64.2 Å². The number of aliphatic hydroxyl groups is 3. The fourth-order valence-corrected chi connectivity index (χ4v) is 7.33. The molecule has 0 amide bonds. The molecule has 10 heteroatoms. The smallest absolute Gasteiger partial charge is 0.305 e. The minimum Gasteiger partial charge on any atom is -0.774 e. The van der Waals surface area contributed by atoms with Gasteiger partial charge in [0.05, 0.1) is 27.2 Å². The molecule has 0 fully saturated rings. The number of esters is 1. The van der Waals surface area contributed by atoms with Crippen molar-refractivity contribution in [2.24, 2.45) is 0 Å². The third kappa shape index (κ3) is 26.0. The number of rotatable bonds is 32. The Labute approximate surface area is 281 Å². The fourth-order valence-electron chi connectivity index (χ4n) is 5.40. The first kappa shape index (κ1) is 44.9. The van der Waals surface area contributed by atoms with Gasteiger partial charge in [0, 0.05) is 19.3 Å². The van der Waals surface area contributed by atoms with Gasteiger partial charge in [-0.1, -0.05) is 89.5 Å². The summed E-state index contributed by atoms with van der Waals surface area (Å²) in [5.74, 6) is -1.30. The summed E-state index contributed by atoms with van der Waals surface area (Å²) in [6.45, 7) is 3.69. The molecule has 0 saturated heterocycles. The van der Waals surface area contributed by atoms with Gasteiger partial charge in [-0.05, 0) is 64.2 Å². The van der Waals surface area contributed by atoms with E-state index in [1.54, 1.807) is 14.1 Å². The summed E-state index contributed by atoms with van der Waals surface area (Å²) in [6.07, 6.45) is 27.1. The van der Waals surface area contributed by atoms with Crippen molar-refractivity contribution in [2.45, 2.75) is 167 Å². The van der Waals surface area contributed by atoms with Crippen LogP contribution in [0.15, 0.2) is 24.3 Å². The van der Waals surface area contributed by atoms with Gasteiger partial charge in [0.1, 0.15) is 12.7 Å². The van der Waals surface area contributed by atoms with Crippen molar-refractivity contribution in [3.8, 4) is 0 Å². The molecule has 0 radical (unpaired) electrons. The molecule has 46 heavy (non-hydrogen) atoms. The molecule has 0 bridgehead atoms. The second-order valence-corrected chi connectivity index (χ2v) is 15.2. The Balaban J connectivity index is 4.03. The molecule has 0 heterocycles. The minimum absolute atomic E-state index is 0.0159. The highest BCUT2D eigenvalue weighted by molar-refractivity contribution is 7.51. The lowest BCUT2D eigenvalue weighted by Gasteiger charge is -2.44. The number of ether oxygens (including phenoxy) is 1. The quantitative estimate of drug-likeness (QED) is 0.0166. The van der Waals surface area contributed by atoms with Crippen molar-refractivity contribution in [2.75, 3.05) is 33.9 Å². The van der Waals surface area contributed by atoms with Crippen LogP contribution in [0.25, 0.3) is 0 Å². The molecule has 0 rings (SSSR count). The molecule has 0 aromatic carbocycles. The maximum absolute atomic E-state index is 13.1. The number of unbranched alkanes of at least 4 members (excludes halogenated alkanes) is 14. The van der Waals surface area contributed by atoms with Gasteiger partial charge in [-0.3, -0.25) is 4.79 Å². The van der Waals surface area contributed by atoms with Crippen LogP contribution in [0.4, 0.5) is 0 Å². The Morgan fingerprint density at radius 3 is 1.74 bits per heavy atom. The van der Waals surface area contributed by atoms with Gasteiger partial charge >= 0.3 is 5.97 Å². The maximum Gasteiger partial charge on any atom is 0.305 e. The first-order chi connectivity index (χ1) is 22.0. The number of quaternary nitrogens is 1. The predicted molar refractivity (Wildman–Crippen MR) is 186 cm³/mol. The standard InChI is InChI=1S/C36H70NO8P/c1-5-7-9-10-11-12-13-14-15-16-17-18-19-20-21-22-23-24-26-28-36(41)44-31-33(38)32-45-46(42,43)34(27-25-8-6-2)37(3,4)30-29-35(39)40/h11-12,17-18,33-35,38-40H,5-10,13-16,19-32H2,1-4H3/b12-11-,18-17-/t33-,34?/m1/s1. The summed E-state index contributed by atoms with van der Waals surface area (Å²) in [6, 6.07) is 0. The van der Waals surface area contributed by atoms with Crippen LogP contribution in [0.3, 0.4) is 0 Å². The van der Waals surface area contributed by atoms with E-state index in [2.05, 4.69) is 31.2 Å². The normalized spacial score (nSPS) is 15.2. The summed E-state index contributed by atoms with van der Waals surface area (Å²) in [4.78, 5) is 25.2. The molecule has 0 aliphatic heterocycles. The number of nitrogens with zero attached hydrogens (tertiary/aromatic N) is 1. The largest absolute Gasteiger partial charge is 0.774 e. The zero-order chi connectivity index (χ0) is 34.5. The van der Waals surface area contributed by atoms with Gasteiger partial charge in [-0.2, -0.15) is 0 Å². The van der Waals surface area contributed by atoms with Gasteiger partial charge in [0.25, 0.3) is 0 Å². The third-order valence-electron chi connectivity index (χ3n) is 8.39. The van der Waals surface area contributed by atoms with Crippen LogP contribution in [0.1, 0.15) is 149 Å².